The largest absolute Gasteiger partial charge is 0.352 e. The molecule has 0 radical (unpaired) electrons. The molecule has 4 rings (SSSR count). The van der Waals surface area contributed by atoms with Crippen molar-refractivity contribution < 1.29 is 9.72 Å². The molecule has 1 aliphatic heterocycles. The number of anilines is 1. The second kappa shape index (κ2) is 7.66. The molecule has 0 bridgehead atoms. The number of nitrogens with zero attached hydrogens (tertiary/aromatic N) is 7. The Morgan fingerprint density at radius 2 is 1.97 bits per heavy atom. The maximum atomic E-state index is 12.9. The van der Waals surface area contributed by atoms with Gasteiger partial charge in [-0.25, -0.2) is 9.97 Å². The summed E-state index contributed by atoms with van der Waals surface area (Å²) in [5, 5.41) is 16.4. The minimum Gasteiger partial charge on any atom is -0.352 e. The third-order valence-corrected chi connectivity index (χ3v) is 5.78. The van der Waals surface area contributed by atoms with Gasteiger partial charge in [-0.1, -0.05) is 0 Å². The fourth-order valence-corrected chi connectivity index (χ4v) is 4.02. The van der Waals surface area contributed by atoms with Crippen molar-refractivity contribution in [3.05, 3.63) is 46.4 Å². The molecular weight excluding hydrogens is 394 g/mol. The molecule has 1 fully saturated rings. The summed E-state index contributed by atoms with van der Waals surface area (Å²) in [7, 11) is 1.83. The van der Waals surface area contributed by atoms with Gasteiger partial charge in [-0.05, 0) is 18.4 Å². The van der Waals surface area contributed by atoms with Crippen LogP contribution in [0.15, 0.2) is 35.6 Å². The zero-order chi connectivity index (χ0) is 20.5. The first-order valence-corrected chi connectivity index (χ1v) is 10.2. The summed E-state index contributed by atoms with van der Waals surface area (Å²) >= 11 is 1.29. The predicted octanol–water partition coefficient (Wildman–Crippen LogP) is 1.96. The number of piperazine rings is 1. The molecule has 0 saturated carbocycles. The van der Waals surface area contributed by atoms with Crippen LogP contribution in [0.25, 0.3) is 11.0 Å². The van der Waals surface area contributed by atoms with Gasteiger partial charge in [-0.15, -0.1) is 11.8 Å². The molecule has 11 heteroatoms. The summed E-state index contributed by atoms with van der Waals surface area (Å²) < 4.78 is 1.70. The van der Waals surface area contributed by atoms with Crippen molar-refractivity contribution in [1.82, 2.24) is 24.6 Å². The fraction of sp³-hybridized carbons (Fsp3) is 0.333. The Hall–Kier alpha value is -3.21. The van der Waals surface area contributed by atoms with E-state index in [-0.39, 0.29) is 11.6 Å². The van der Waals surface area contributed by atoms with Crippen molar-refractivity contribution in [3.63, 3.8) is 0 Å². The van der Waals surface area contributed by atoms with Crippen LogP contribution < -0.4 is 4.90 Å². The Balaban J connectivity index is 1.50. The number of carbonyl (C=O) groups excluding carboxylic acids is 1. The number of thioether (sulfide) groups is 1. The number of nitro benzene ring substituents is 1. The van der Waals surface area contributed by atoms with Gasteiger partial charge in [-0.2, -0.15) is 5.10 Å². The highest BCUT2D eigenvalue weighted by Crippen LogP contribution is 2.29. The third-order valence-electron chi connectivity index (χ3n) is 5.00. The lowest BCUT2D eigenvalue weighted by Crippen LogP contribution is -2.49. The SMILES string of the molecule is CSc1ccc(C(=O)N2CCN(c3ncnc4c3cnn4C)CC2)cc1[N+](=O)[O-]. The normalized spacial score (nSPS) is 14.4. The molecule has 0 atom stereocenters. The van der Waals surface area contributed by atoms with Crippen LogP contribution in [0, 0.1) is 10.1 Å². The lowest BCUT2D eigenvalue weighted by Gasteiger charge is -2.35. The van der Waals surface area contributed by atoms with Gasteiger partial charge in [0.05, 0.1) is 21.4 Å². The monoisotopic (exact) mass is 413 g/mol. The number of hydrogen-bond acceptors (Lipinski definition) is 8. The van der Waals surface area contributed by atoms with Crippen LogP contribution >= 0.6 is 11.8 Å². The van der Waals surface area contributed by atoms with E-state index in [1.807, 2.05) is 7.05 Å². The summed E-state index contributed by atoms with van der Waals surface area (Å²) in [5.41, 5.74) is 1.05. The van der Waals surface area contributed by atoms with Crippen molar-refractivity contribution in [2.75, 3.05) is 37.3 Å². The number of nitro groups is 1. The molecule has 3 aromatic rings. The zero-order valence-corrected chi connectivity index (χ0v) is 16.8. The molecule has 150 valence electrons. The third kappa shape index (κ3) is 3.48. The first-order valence-electron chi connectivity index (χ1n) is 8.99. The highest BCUT2D eigenvalue weighted by molar-refractivity contribution is 7.98. The second-order valence-electron chi connectivity index (χ2n) is 6.63. The van der Waals surface area contributed by atoms with E-state index in [2.05, 4.69) is 20.0 Å². The fourth-order valence-electron chi connectivity index (χ4n) is 3.47. The maximum Gasteiger partial charge on any atom is 0.283 e. The van der Waals surface area contributed by atoms with Gasteiger partial charge in [0.25, 0.3) is 11.6 Å². The van der Waals surface area contributed by atoms with Gasteiger partial charge in [0.1, 0.15) is 12.1 Å². The maximum absolute atomic E-state index is 12.9. The minimum atomic E-state index is -0.450. The molecule has 1 aromatic carbocycles. The van der Waals surface area contributed by atoms with Gasteiger partial charge < -0.3 is 9.80 Å². The van der Waals surface area contributed by atoms with Gasteiger partial charge in [0.2, 0.25) is 0 Å². The molecular formula is C18H19N7O3S. The van der Waals surface area contributed by atoms with E-state index in [0.29, 0.717) is 36.6 Å². The first-order chi connectivity index (χ1) is 14.0. The number of fused-ring (bicyclic) bond motifs is 1. The molecule has 10 nitrogen and oxygen atoms in total. The standard InChI is InChI=1S/C18H19N7O3S/c1-22-16-13(10-21-22)17(20-11-19-16)23-5-7-24(8-6-23)18(26)12-3-4-15(29-2)14(9-12)25(27)28/h3-4,9-11H,5-8H2,1-2H3. The summed E-state index contributed by atoms with van der Waals surface area (Å²) in [4.78, 5) is 36.7. The quantitative estimate of drug-likeness (QED) is 0.363. The van der Waals surface area contributed by atoms with Crippen molar-refractivity contribution in [2.24, 2.45) is 7.05 Å². The number of amides is 1. The van der Waals surface area contributed by atoms with Crippen LogP contribution in [0.4, 0.5) is 11.5 Å². The minimum absolute atomic E-state index is 0.0399. The molecule has 1 saturated heterocycles. The van der Waals surface area contributed by atoms with Crippen LogP contribution in [0.2, 0.25) is 0 Å². The Labute approximate surface area is 170 Å². The van der Waals surface area contributed by atoms with E-state index in [9.17, 15) is 14.9 Å². The van der Waals surface area contributed by atoms with Crippen molar-refractivity contribution in [3.8, 4) is 0 Å². The molecule has 0 N–H and O–H groups in total. The molecule has 1 amide bonds. The van der Waals surface area contributed by atoms with Gasteiger partial charge in [0.15, 0.2) is 5.65 Å². The summed E-state index contributed by atoms with van der Waals surface area (Å²) in [5.74, 6) is 0.602. The van der Waals surface area contributed by atoms with Crippen LogP contribution in [0.3, 0.4) is 0 Å². The van der Waals surface area contributed by atoms with E-state index >= 15 is 0 Å². The lowest BCUT2D eigenvalue weighted by molar-refractivity contribution is -0.387. The van der Waals surface area contributed by atoms with E-state index in [1.54, 1.807) is 34.2 Å². The van der Waals surface area contributed by atoms with Crippen molar-refractivity contribution >= 4 is 40.2 Å². The van der Waals surface area contributed by atoms with Gasteiger partial charge >= 0.3 is 0 Å². The Kier molecular flexibility index (Phi) is 5.05. The van der Waals surface area contributed by atoms with Crippen LogP contribution in [0.5, 0.6) is 0 Å². The predicted molar refractivity (Wildman–Crippen MR) is 109 cm³/mol. The van der Waals surface area contributed by atoms with E-state index in [1.165, 1.54) is 24.2 Å². The molecule has 0 unspecified atom stereocenters. The molecule has 0 spiro atoms. The van der Waals surface area contributed by atoms with Crippen molar-refractivity contribution in [2.45, 2.75) is 4.90 Å². The highest BCUT2D eigenvalue weighted by atomic mass is 32.2. The van der Waals surface area contributed by atoms with Crippen molar-refractivity contribution in [1.29, 1.82) is 0 Å². The van der Waals surface area contributed by atoms with E-state index in [4.69, 9.17) is 0 Å². The number of rotatable bonds is 4. The molecule has 29 heavy (non-hydrogen) atoms. The Morgan fingerprint density at radius 1 is 1.21 bits per heavy atom. The molecule has 3 heterocycles. The topological polar surface area (TPSA) is 110 Å². The molecule has 0 aliphatic carbocycles. The molecule has 1 aliphatic rings. The van der Waals surface area contributed by atoms with Crippen LogP contribution in [0.1, 0.15) is 10.4 Å². The number of benzene rings is 1. The summed E-state index contributed by atoms with van der Waals surface area (Å²) in [6, 6.07) is 4.65. The van der Waals surface area contributed by atoms with Crippen LogP contribution in [-0.2, 0) is 7.05 Å². The second-order valence-corrected chi connectivity index (χ2v) is 7.47. The number of aryl methyl sites for hydroxylation is 1. The number of carbonyl (C=O) groups is 1. The summed E-state index contributed by atoms with van der Waals surface area (Å²) in [6.07, 6.45) is 5.04. The molecule has 2 aromatic heterocycles. The zero-order valence-electron chi connectivity index (χ0n) is 16.0. The highest BCUT2D eigenvalue weighted by Gasteiger charge is 2.26. The Morgan fingerprint density at radius 3 is 2.66 bits per heavy atom. The number of hydrogen-bond donors (Lipinski definition) is 0. The average Bonchev–Trinajstić information content (AvgIpc) is 3.14. The van der Waals surface area contributed by atoms with Crippen LogP contribution in [-0.4, -0.2) is 67.9 Å². The number of aromatic nitrogens is 4. The lowest BCUT2D eigenvalue weighted by atomic mass is 10.1. The average molecular weight is 413 g/mol. The van der Waals surface area contributed by atoms with Gasteiger partial charge in [-0.3, -0.25) is 19.6 Å². The van der Waals surface area contributed by atoms with E-state index in [0.717, 1.165) is 16.9 Å². The van der Waals surface area contributed by atoms with Gasteiger partial charge in [0, 0.05) is 44.9 Å². The van der Waals surface area contributed by atoms with E-state index < -0.39 is 4.92 Å². The Bertz CT molecular complexity index is 1090. The first kappa shape index (κ1) is 19.1. The smallest absolute Gasteiger partial charge is 0.283 e. The summed E-state index contributed by atoms with van der Waals surface area (Å²) in [6.45, 7) is 2.22.